The van der Waals surface area contributed by atoms with E-state index in [1.807, 2.05) is 13.8 Å². The summed E-state index contributed by atoms with van der Waals surface area (Å²) in [5.74, 6) is -6.50. The zero-order valence-corrected chi connectivity index (χ0v) is 30.2. The summed E-state index contributed by atoms with van der Waals surface area (Å²) in [4.78, 5) is 67.1. The Bertz CT molecular complexity index is 1640. The molecule has 2 unspecified atom stereocenters. The summed E-state index contributed by atoms with van der Waals surface area (Å²) in [7, 11) is 0. The maximum absolute atomic E-state index is 15.5. The molecule has 2 aliphatic heterocycles. The molecule has 1 spiro atoms. The van der Waals surface area contributed by atoms with E-state index in [4.69, 9.17) is 32.8 Å². The van der Waals surface area contributed by atoms with Crippen molar-refractivity contribution < 1.29 is 67.0 Å². The van der Waals surface area contributed by atoms with Gasteiger partial charge in [0.05, 0.1) is 48.1 Å². The van der Waals surface area contributed by atoms with Crippen molar-refractivity contribution in [3.05, 3.63) is 24.2 Å². The first kappa shape index (κ1) is 36.0. The summed E-state index contributed by atoms with van der Waals surface area (Å²) in [6.07, 6.45) is -5.17. The van der Waals surface area contributed by atoms with Gasteiger partial charge in [-0.1, -0.05) is 27.7 Å². The van der Waals surface area contributed by atoms with E-state index < -0.39 is 118 Å². The van der Waals surface area contributed by atoms with Crippen molar-refractivity contribution in [2.45, 2.75) is 129 Å². The normalized spacial score (nSPS) is 48.2. The standard InChI is InChI=1S/C37H48O14/c1-9-16(2)31(44)50-32-33(6)22-13-23(41)35(8)27(36(22,15-46-32)28(43)26(47-17(3)38)30(33)49-19(5)40)25(42)29(48-18(4)39)34(7)21(20-10-11-45-14-20)12-24-37(34,35)51-24/h10-11,14,16,21-24,26-30,32,41,43H,9,12-13,15H2,1-8H3/t16?,21-,22-,23+,24+,26+,27-,28-,29-,30+,32?,33-,34+,35+,36-,37+/m0/s1. The summed E-state index contributed by atoms with van der Waals surface area (Å²) >= 11 is 0. The number of epoxide rings is 1. The third kappa shape index (κ3) is 4.33. The maximum Gasteiger partial charge on any atom is 0.310 e. The molecule has 51 heavy (non-hydrogen) atoms. The smallest absolute Gasteiger partial charge is 0.310 e. The monoisotopic (exact) mass is 716 g/mol. The van der Waals surface area contributed by atoms with Crippen LogP contribution in [0.4, 0.5) is 0 Å². The number of furan rings is 1. The molecule has 2 saturated heterocycles. The number of ether oxygens (including phenoxy) is 6. The van der Waals surface area contributed by atoms with Gasteiger partial charge in [-0.05, 0) is 43.7 Å². The second kappa shape index (κ2) is 11.6. The van der Waals surface area contributed by atoms with Gasteiger partial charge in [-0.3, -0.25) is 24.0 Å². The largest absolute Gasteiger partial charge is 0.472 e. The summed E-state index contributed by atoms with van der Waals surface area (Å²) in [6.45, 7) is 11.9. The lowest BCUT2D eigenvalue weighted by atomic mass is 9.33. The first-order chi connectivity index (χ1) is 23.9. The van der Waals surface area contributed by atoms with Gasteiger partial charge in [0, 0.05) is 43.4 Å². The van der Waals surface area contributed by atoms with E-state index in [1.165, 1.54) is 13.2 Å². The third-order valence-corrected chi connectivity index (χ3v) is 14.1. The van der Waals surface area contributed by atoms with E-state index in [9.17, 15) is 29.4 Å². The van der Waals surface area contributed by atoms with Gasteiger partial charge in [-0.15, -0.1) is 0 Å². The second-order valence-electron chi connectivity index (χ2n) is 16.3. The maximum atomic E-state index is 15.5. The highest BCUT2D eigenvalue weighted by Gasteiger charge is 2.93. The molecule has 7 rings (SSSR count). The Kier molecular flexibility index (Phi) is 8.19. The van der Waals surface area contributed by atoms with Crippen molar-refractivity contribution in [2.24, 2.45) is 39.4 Å². The molecule has 0 radical (unpaired) electrons. The quantitative estimate of drug-likeness (QED) is 0.237. The van der Waals surface area contributed by atoms with Gasteiger partial charge < -0.3 is 43.1 Å². The predicted octanol–water partition coefficient (Wildman–Crippen LogP) is 2.60. The van der Waals surface area contributed by atoms with Crippen LogP contribution in [-0.4, -0.2) is 95.0 Å². The number of hydrogen-bond acceptors (Lipinski definition) is 14. The molecular weight excluding hydrogens is 668 g/mol. The molecule has 2 N–H and O–H groups in total. The third-order valence-electron chi connectivity index (χ3n) is 14.1. The molecule has 4 saturated carbocycles. The van der Waals surface area contributed by atoms with Gasteiger partial charge in [-0.25, -0.2) is 0 Å². The van der Waals surface area contributed by atoms with Gasteiger partial charge in [0.25, 0.3) is 0 Å². The lowest BCUT2D eigenvalue weighted by molar-refractivity contribution is -0.391. The van der Waals surface area contributed by atoms with E-state index in [0.29, 0.717) is 12.8 Å². The molecule has 0 amide bonds. The first-order valence-corrected chi connectivity index (χ1v) is 17.8. The van der Waals surface area contributed by atoms with Crippen molar-refractivity contribution in [3.63, 3.8) is 0 Å². The Morgan fingerprint density at radius 1 is 0.961 bits per heavy atom. The Hall–Kier alpha value is -3.33. The van der Waals surface area contributed by atoms with Gasteiger partial charge in [-0.2, -0.15) is 0 Å². The lowest BCUT2D eigenvalue weighted by Crippen LogP contribution is -2.84. The van der Waals surface area contributed by atoms with E-state index in [2.05, 4.69) is 0 Å². The van der Waals surface area contributed by atoms with Crippen LogP contribution >= 0.6 is 0 Å². The van der Waals surface area contributed by atoms with Crippen molar-refractivity contribution in [1.82, 2.24) is 0 Å². The Morgan fingerprint density at radius 2 is 1.63 bits per heavy atom. The van der Waals surface area contributed by atoms with E-state index in [1.54, 1.807) is 33.1 Å². The summed E-state index contributed by atoms with van der Waals surface area (Å²) in [6, 6.07) is 1.80. The van der Waals surface area contributed by atoms with Crippen LogP contribution in [0.2, 0.25) is 0 Å². The van der Waals surface area contributed by atoms with Gasteiger partial charge in [0.1, 0.15) is 11.7 Å². The predicted molar refractivity (Wildman–Crippen MR) is 171 cm³/mol. The number of ketones is 1. The van der Waals surface area contributed by atoms with Crippen molar-refractivity contribution in [2.75, 3.05) is 6.61 Å². The SMILES string of the molecule is CCC(C)C(=O)OC1OC[C@@]23[C@H]4C(=O)[C@H](OC(C)=O)[C@@]5(C)[C@H](c6ccoc6)C[C@H]6O[C@]65[C@]4(C)[C@H](O)C[C@H]2[C@@]1(C)[C@H](OC(C)=O)[C@H](OC(C)=O)[C@@H]3O. The summed E-state index contributed by atoms with van der Waals surface area (Å²) in [5, 5.41) is 25.3. The molecular formula is C37H48O14. The summed E-state index contributed by atoms with van der Waals surface area (Å²) in [5.41, 5.74) is -6.23. The van der Waals surface area contributed by atoms with E-state index >= 15 is 4.79 Å². The molecule has 0 aromatic carbocycles. The van der Waals surface area contributed by atoms with E-state index in [-0.39, 0.29) is 18.9 Å². The molecule has 2 bridgehead atoms. The van der Waals surface area contributed by atoms with Gasteiger partial charge in [0.2, 0.25) is 6.29 Å². The molecule has 3 heterocycles. The average Bonchev–Trinajstić information content (AvgIpc) is 3.42. The molecule has 6 aliphatic rings. The van der Waals surface area contributed by atoms with Gasteiger partial charge >= 0.3 is 23.9 Å². The number of aliphatic hydroxyl groups is 2. The minimum absolute atomic E-state index is 0.0539. The minimum atomic E-state index is -1.70. The fourth-order valence-corrected chi connectivity index (χ4v) is 11.9. The van der Waals surface area contributed by atoms with Crippen LogP contribution in [0, 0.1) is 39.4 Å². The minimum Gasteiger partial charge on any atom is -0.472 e. The van der Waals surface area contributed by atoms with Crippen molar-refractivity contribution in [3.8, 4) is 0 Å². The number of fused-ring (bicyclic) bond motifs is 1. The molecule has 6 fully saturated rings. The highest BCUT2D eigenvalue weighted by atomic mass is 16.7. The van der Waals surface area contributed by atoms with Crippen molar-refractivity contribution >= 4 is 29.7 Å². The topological polar surface area (TPSA) is 198 Å². The fourth-order valence-electron chi connectivity index (χ4n) is 11.9. The molecule has 4 aliphatic carbocycles. The molecule has 14 heteroatoms. The second-order valence-corrected chi connectivity index (χ2v) is 16.3. The molecule has 16 atom stereocenters. The molecule has 1 aromatic heterocycles. The highest BCUT2D eigenvalue weighted by molar-refractivity contribution is 5.93. The number of rotatable bonds is 7. The number of hydrogen-bond donors (Lipinski definition) is 2. The van der Waals surface area contributed by atoms with Crippen LogP contribution in [0.3, 0.4) is 0 Å². The molecule has 14 nitrogen and oxygen atoms in total. The average molecular weight is 717 g/mol. The zero-order valence-electron chi connectivity index (χ0n) is 30.2. The number of esters is 4. The van der Waals surface area contributed by atoms with Crippen LogP contribution < -0.4 is 0 Å². The Morgan fingerprint density at radius 3 is 2.22 bits per heavy atom. The number of carbonyl (C=O) groups is 5. The van der Waals surface area contributed by atoms with Crippen LogP contribution in [0.5, 0.6) is 0 Å². The Labute approximate surface area is 295 Å². The van der Waals surface area contributed by atoms with E-state index in [0.717, 1.165) is 19.4 Å². The number of aliphatic hydroxyl groups excluding tert-OH is 2. The van der Waals surface area contributed by atoms with Crippen molar-refractivity contribution in [1.29, 1.82) is 0 Å². The number of Topliss-reactive ketones (excluding diaryl/α,β-unsaturated/α-hetero) is 1. The molecule has 1 aromatic rings. The molecule has 280 valence electrons. The highest BCUT2D eigenvalue weighted by Crippen LogP contribution is 2.83. The van der Waals surface area contributed by atoms with Gasteiger partial charge in [0.15, 0.2) is 24.1 Å². The fraction of sp³-hybridized carbons (Fsp3) is 0.757. The van der Waals surface area contributed by atoms with Crippen LogP contribution in [0.15, 0.2) is 23.0 Å². The Balaban J connectivity index is 1.45. The number of carbonyl (C=O) groups excluding carboxylic acids is 5. The zero-order chi connectivity index (χ0) is 37.2. The lowest BCUT2D eigenvalue weighted by Gasteiger charge is -2.73. The van der Waals surface area contributed by atoms with Crippen LogP contribution in [0.1, 0.15) is 86.1 Å². The van der Waals surface area contributed by atoms with Crippen LogP contribution in [-0.2, 0) is 52.4 Å². The first-order valence-electron chi connectivity index (χ1n) is 17.8. The van der Waals surface area contributed by atoms with Crippen LogP contribution in [0.25, 0.3) is 0 Å². The summed E-state index contributed by atoms with van der Waals surface area (Å²) < 4.78 is 42.2.